The lowest BCUT2D eigenvalue weighted by atomic mass is 10.1. The van der Waals surface area contributed by atoms with Crippen molar-refractivity contribution >= 4 is 35.3 Å². The van der Waals surface area contributed by atoms with Gasteiger partial charge in [-0.2, -0.15) is 0 Å². The number of benzene rings is 1. The first-order valence-corrected chi connectivity index (χ1v) is 7.69. The first kappa shape index (κ1) is 15.1. The number of nitrogens with zero attached hydrogens (tertiary/aromatic N) is 3. The van der Waals surface area contributed by atoms with E-state index in [1.807, 2.05) is 30.3 Å². The normalized spacial score (nSPS) is 15.4. The molecule has 1 saturated heterocycles. The molecule has 2 aromatic rings. The SMILES string of the molecule is CN1C(=O)C(=Cc2csc(-c3ccccc3)n2)C(=O)N(C)C1=O. The molecule has 4 amide bonds. The summed E-state index contributed by atoms with van der Waals surface area (Å²) in [5.74, 6) is -1.24. The van der Waals surface area contributed by atoms with E-state index in [1.54, 1.807) is 5.38 Å². The molecule has 0 atom stereocenters. The van der Waals surface area contributed by atoms with Crippen molar-refractivity contribution in [2.24, 2.45) is 0 Å². The van der Waals surface area contributed by atoms with E-state index in [4.69, 9.17) is 0 Å². The maximum absolute atomic E-state index is 12.1. The van der Waals surface area contributed by atoms with E-state index in [0.29, 0.717) is 5.69 Å². The number of likely N-dealkylation sites (N-methyl/N-ethyl adjacent to an activating group) is 2. The largest absolute Gasteiger partial charge is 0.333 e. The number of carbonyl (C=O) groups is 3. The van der Waals surface area contributed by atoms with Crippen molar-refractivity contribution in [1.29, 1.82) is 0 Å². The van der Waals surface area contributed by atoms with Crippen molar-refractivity contribution in [2.75, 3.05) is 14.1 Å². The Kier molecular flexibility index (Phi) is 3.79. The second-order valence-corrected chi connectivity index (χ2v) is 5.87. The van der Waals surface area contributed by atoms with Gasteiger partial charge in [-0.1, -0.05) is 30.3 Å². The molecule has 2 heterocycles. The van der Waals surface area contributed by atoms with Gasteiger partial charge in [0.15, 0.2) is 0 Å². The van der Waals surface area contributed by atoms with Gasteiger partial charge in [0, 0.05) is 25.0 Å². The molecule has 1 aliphatic rings. The molecule has 23 heavy (non-hydrogen) atoms. The fraction of sp³-hybridized carbons (Fsp3) is 0.125. The monoisotopic (exact) mass is 327 g/mol. The number of carbonyl (C=O) groups excluding carboxylic acids is 3. The van der Waals surface area contributed by atoms with Gasteiger partial charge in [0.1, 0.15) is 10.6 Å². The predicted molar refractivity (Wildman–Crippen MR) is 86.5 cm³/mol. The van der Waals surface area contributed by atoms with Gasteiger partial charge in [-0.05, 0) is 6.08 Å². The molecular formula is C16H13N3O3S. The Labute approximate surface area is 136 Å². The van der Waals surface area contributed by atoms with E-state index in [0.717, 1.165) is 20.4 Å². The zero-order valence-corrected chi connectivity index (χ0v) is 13.3. The molecule has 0 N–H and O–H groups in total. The Morgan fingerprint density at radius 2 is 1.61 bits per heavy atom. The molecule has 0 radical (unpaired) electrons. The van der Waals surface area contributed by atoms with Crippen LogP contribution in [0.2, 0.25) is 0 Å². The molecule has 0 spiro atoms. The fourth-order valence-electron chi connectivity index (χ4n) is 2.19. The van der Waals surface area contributed by atoms with Crippen LogP contribution in [0.1, 0.15) is 5.69 Å². The van der Waals surface area contributed by atoms with Crippen LogP contribution in [-0.2, 0) is 9.59 Å². The molecule has 3 rings (SSSR count). The van der Waals surface area contributed by atoms with E-state index in [9.17, 15) is 14.4 Å². The van der Waals surface area contributed by atoms with Crippen molar-refractivity contribution in [1.82, 2.24) is 14.8 Å². The van der Waals surface area contributed by atoms with Crippen LogP contribution < -0.4 is 0 Å². The Bertz CT molecular complexity index is 800. The molecule has 1 fully saturated rings. The molecule has 0 saturated carbocycles. The van der Waals surface area contributed by atoms with E-state index >= 15 is 0 Å². The lowest BCUT2D eigenvalue weighted by Gasteiger charge is -2.28. The molecule has 6 nitrogen and oxygen atoms in total. The van der Waals surface area contributed by atoms with Gasteiger partial charge in [0.25, 0.3) is 11.8 Å². The van der Waals surface area contributed by atoms with Crippen LogP contribution in [-0.4, -0.2) is 46.7 Å². The zero-order chi connectivity index (χ0) is 16.6. The lowest BCUT2D eigenvalue weighted by Crippen LogP contribution is -2.52. The summed E-state index contributed by atoms with van der Waals surface area (Å²) < 4.78 is 0. The summed E-state index contributed by atoms with van der Waals surface area (Å²) in [5, 5.41) is 2.57. The first-order valence-electron chi connectivity index (χ1n) is 6.81. The number of hydrogen-bond acceptors (Lipinski definition) is 5. The van der Waals surface area contributed by atoms with Crippen LogP contribution in [0.15, 0.2) is 41.3 Å². The highest BCUT2D eigenvalue weighted by Gasteiger charge is 2.37. The second kappa shape index (κ2) is 5.77. The number of barbiturate groups is 1. The predicted octanol–water partition coefficient (Wildman–Crippen LogP) is 2.24. The van der Waals surface area contributed by atoms with Crippen molar-refractivity contribution < 1.29 is 14.4 Å². The van der Waals surface area contributed by atoms with Crippen molar-refractivity contribution in [2.45, 2.75) is 0 Å². The molecular weight excluding hydrogens is 314 g/mol. The molecule has 116 valence electrons. The molecule has 1 aromatic heterocycles. The van der Waals surface area contributed by atoms with Crippen LogP contribution >= 0.6 is 11.3 Å². The van der Waals surface area contributed by atoms with E-state index < -0.39 is 17.8 Å². The van der Waals surface area contributed by atoms with Crippen LogP contribution in [0, 0.1) is 0 Å². The minimum absolute atomic E-state index is 0.0699. The quantitative estimate of drug-likeness (QED) is 0.626. The summed E-state index contributed by atoms with van der Waals surface area (Å²) in [7, 11) is 2.69. The average molecular weight is 327 g/mol. The van der Waals surface area contributed by atoms with Gasteiger partial charge in [0.2, 0.25) is 0 Å². The number of imide groups is 2. The summed E-state index contributed by atoms with van der Waals surface area (Å²) in [5.41, 5.74) is 1.41. The highest BCUT2D eigenvalue weighted by Crippen LogP contribution is 2.25. The van der Waals surface area contributed by atoms with E-state index in [1.165, 1.54) is 31.5 Å². The molecule has 0 aliphatic carbocycles. The summed E-state index contributed by atoms with van der Waals surface area (Å²) in [6.07, 6.45) is 1.42. The molecule has 7 heteroatoms. The van der Waals surface area contributed by atoms with E-state index in [2.05, 4.69) is 4.98 Å². The van der Waals surface area contributed by atoms with Crippen molar-refractivity contribution in [3.05, 3.63) is 47.0 Å². The number of aromatic nitrogens is 1. The van der Waals surface area contributed by atoms with Gasteiger partial charge >= 0.3 is 6.03 Å². The molecule has 1 aromatic carbocycles. The molecule has 0 unspecified atom stereocenters. The summed E-state index contributed by atoms with van der Waals surface area (Å²) in [6.45, 7) is 0. The van der Waals surface area contributed by atoms with Gasteiger partial charge in [0.05, 0.1) is 5.69 Å². The average Bonchev–Trinajstić information content (AvgIpc) is 3.05. The zero-order valence-electron chi connectivity index (χ0n) is 12.5. The van der Waals surface area contributed by atoms with Gasteiger partial charge < -0.3 is 0 Å². The maximum Gasteiger partial charge on any atom is 0.333 e. The Morgan fingerprint density at radius 3 is 2.22 bits per heavy atom. The van der Waals surface area contributed by atoms with Crippen LogP contribution in [0.25, 0.3) is 16.6 Å². The number of rotatable bonds is 2. The Hall–Kier alpha value is -2.80. The topological polar surface area (TPSA) is 70.6 Å². The van der Waals surface area contributed by atoms with Crippen LogP contribution in [0.4, 0.5) is 4.79 Å². The van der Waals surface area contributed by atoms with Crippen molar-refractivity contribution in [3.8, 4) is 10.6 Å². The Morgan fingerprint density at radius 1 is 1.00 bits per heavy atom. The highest BCUT2D eigenvalue weighted by atomic mass is 32.1. The van der Waals surface area contributed by atoms with Gasteiger partial charge in [-0.25, -0.2) is 9.78 Å². The molecule has 1 aliphatic heterocycles. The van der Waals surface area contributed by atoms with Crippen LogP contribution in [0.5, 0.6) is 0 Å². The fourth-order valence-corrected chi connectivity index (χ4v) is 2.97. The maximum atomic E-state index is 12.1. The highest BCUT2D eigenvalue weighted by molar-refractivity contribution is 7.13. The number of urea groups is 1. The minimum atomic E-state index is -0.639. The third kappa shape index (κ3) is 2.66. The first-order chi connectivity index (χ1) is 11.0. The van der Waals surface area contributed by atoms with Gasteiger partial charge in [-0.3, -0.25) is 19.4 Å². The third-order valence-corrected chi connectivity index (χ3v) is 4.39. The summed E-state index contributed by atoms with van der Waals surface area (Å²) in [6, 6.07) is 8.99. The van der Waals surface area contributed by atoms with Gasteiger partial charge in [-0.15, -0.1) is 11.3 Å². The van der Waals surface area contributed by atoms with Crippen molar-refractivity contribution in [3.63, 3.8) is 0 Å². The van der Waals surface area contributed by atoms with E-state index in [-0.39, 0.29) is 5.57 Å². The second-order valence-electron chi connectivity index (χ2n) is 5.01. The summed E-state index contributed by atoms with van der Waals surface area (Å²) >= 11 is 1.42. The smallest absolute Gasteiger partial charge is 0.268 e. The molecule has 0 bridgehead atoms. The third-order valence-electron chi connectivity index (χ3n) is 3.48. The summed E-state index contributed by atoms with van der Waals surface area (Å²) in [4.78, 5) is 42.2. The number of hydrogen-bond donors (Lipinski definition) is 0. The number of amides is 4. The lowest BCUT2D eigenvalue weighted by molar-refractivity contribution is -0.134. The minimum Gasteiger partial charge on any atom is -0.268 e. The number of thiazole rings is 1. The standard InChI is InChI=1S/C16H13N3O3S/c1-18-14(20)12(15(21)19(2)16(18)22)8-11-9-23-13(17-11)10-6-4-3-5-7-10/h3-9H,1-2H3. The van der Waals surface area contributed by atoms with Crippen LogP contribution in [0.3, 0.4) is 0 Å². The Balaban J connectivity index is 1.95.